The number of anilines is 1. The maximum absolute atomic E-state index is 13.4. The van der Waals surface area contributed by atoms with Crippen LogP contribution in [0.15, 0.2) is 41.3 Å². The van der Waals surface area contributed by atoms with Crippen molar-refractivity contribution in [3.05, 3.63) is 52.8 Å². The molecule has 2 rings (SSSR count). The predicted octanol–water partition coefficient (Wildman–Crippen LogP) is 4.36. The number of rotatable bonds is 4. The third kappa shape index (κ3) is 3.33. The summed E-state index contributed by atoms with van der Waals surface area (Å²) < 4.78 is 18.4. The van der Waals surface area contributed by atoms with Crippen molar-refractivity contribution in [2.75, 3.05) is 12.8 Å². The van der Waals surface area contributed by atoms with Crippen LogP contribution >= 0.6 is 23.4 Å². The number of hydrogen-bond acceptors (Lipinski definition) is 3. The van der Waals surface area contributed by atoms with E-state index in [1.807, 2.05) is 24.3 Å². The highest BCUT2D eigenvalue weighted by Crippen LogP contribution is 2.34. The monoisotopic (exact) mass is 297 g/mol. The number of nitrogen functional groups attached to an aromatic ring is 1. The Bertz CT molecular complexity index is 592. The molecule has 0 aliphatic rings. The average Bonchev–Trinajstić information content (AvgIpc) is 2.39. The first-order valence-electron chi connectivity index (χ1n) is 5.61. The predicted molar refractivity (Wildman–Crippen MR) is 78.4 cm³/mol. The van der Waals surface area contributed by atoms with Crippen LogP contribution in [0.2, 0.25) is 5.02 Å². The molecule has 0 saturated carbocycles. The zero-order valence-corrected chi connectivity index (χ0v) is 11.9. The molecule has 2 N–H and O–H groups in total. The molecular formula is C14H13ClFNOS. The van der Waals surface area contributed by atoms with Crippen molar-refractivity contribution in [2.45, 2.75) is 10.6 Å². The average molecular weight is 298 g/mol. The number of methoxy groups -OCH3 is 1. The zero-order valence-electron chi connectivity index (χ0n) is 10.3. The molecule has 19 heavy (non-hydrogen) atoms. The van der Waals surface area contributed by atoms with Crippen molar-refractivity contribution in [1.82, 2.24) is 0 Å². The molecule has 100 valence electrons. The van der Waals surface area contributed by atoms with Crippen LogP contribution in [0.5, 0.6) is 5.75 Å². The van der Waals surface area contributed by atoms with Gasteiger partial charge in [0.05, 0.1) is 7.11 Å². The van der Waals surface area contributed by atoms with Gasteiger partial charge in [0.1, 0.15) is 0 Å². The van der Waals surface area contributed by atoms with E-state index in [1.54, 1.807) is 6.07 Å². The van der Waals surface area contributed by atoms with Crippen molar-refractivity contribution < 1.29 is 9.13 Å². The Morgan fingerprint density at radius 3 is 2.74 bits per heavy atom. The van der Waals surface area contributed by atoms with E-state index >= 15 is 0 Å². The third-order valence-electron chi connectivity index (χ3n) is 2.63. The Balaban J connectivity index is 2.18. The highest BCUT2D eigenvalue weighted by molar-refractivity contribution is 7.98. The normalized spacial score (nSPS) is 10.5. The first-order valence-corrected chi connectivity index (χ1v) is 6.97. The minimum absolute atomic E-state index is 0.191. The smallest absolute Gasteiger partial charge is 0.167 e. The topological polar surface area (TPSA) is 35.2 Å². The summed E-state index contributed by atoms with van der Waals surface area (Å²) in [6.07, 6.45) is 0. The molecule has 0 aromatic heterocycles. The van der Waals surface area contributed by atoms with Crippen LogP contribution in [0.4, 0.5) is 10.1 Å². The molecule has 0 saturated heterocycles. The fraction of sp³-hybridized carbons (Fsp3) is 0.143. The maximum atomic E-state index is 13.4. The van der Waals surface area contributed by atoms with Crippen molar-refractivity contribution in [2.24, 2.45) is 0 Å². The van der Waals surface area contributed by atoms with Gasteiger partial charge in [0.25, 0.3) is 0 Å². The second kappa shape index (κ2) is 6.17. The van der Waals surface area contributed by atoms with Crippen LogP contribution in [0.1, 0.15) is 5.56 Å². The van der Waals surface area contributed by atoms with E-state index < -0.39 is 5.82 Å². The molecule has 0 radical (unpaired) electrons. The Morgan fingerprint density at radius 1 is 1.32 bits per heavy atom. The molecule has 2 nitrogen and oxygen atoms in total. The van der Waals surface area contributed by atoms with Crippen LogP contribution in [0.25, 0.3) is 0 Å². The molecule has 0 amide bonds. The van der Waals surface area contributed by atoms with Gasteiger partial charge in [-0.3, -0.25) is 0 Å². The maximum Gasteiger partial charge on any atom is 0.167 e. The summed E-state index contributed by atoms with van der Waals surface area (Å²) in [5.74, 6) is 0.400. The lowest BCUT2D eigenvalue weighted by atomic mass is 10.2. The second-order valence-corrected chi connectivity index (χ2v) is 5.33. The van der Waals surface area contributed by atoms with E-state index in [9.17, 15) is 4.39 Å². The summed E-state index contributed by atoms with van der Waals surface area (Å²) in [5.41, 5.74) is 7.21. The molecule has 5 heteroatoms. The van der Waals surface area contributed by atoms with E-state index in [4.69, 9.17) is 22.1 Å². The van der Waals surface area contributed by atoms with Crippen LogP contribution in [0.3, 0.4) is 0 Å². The van der Waals surface area contributed by atoms with Crippen LogP contribution < -0.4 is 10.5 Å². The minimum atomic E-state index is -0.456. The summed E-state index contributed by atoms with van der Waals surface area (Å²) in [4.78, 5) is 0.776. The molecule has 0 spiro atoms. The quantitative estimate of drug-likeness (QED) is 0.672. The van der Waals surface area contributed by atoms with Gasteiger partial charge < -0.3 is 10.5 Å². The summed E-state index contributed by atoms with van der Waals surface area (Å²) in [5, 5.41) is 0.711. The number of halogens is 2. The Hall–Kier alpha value is -1.39. The van der Waals surface area contributed by atoms with Gasteiger partial charge in [0, 0.05) is 27.4 Å². The lowest BCUT2D eigenvalue weighted by Gasteiger charge is -2.09. The van der Waals surface area contributed by atoms with Gasteiger partial charge in [-0.2, -0.15) is 0 Å². The number of nitrogens with two attached hydrogens (primary N) is 1. The number of hydrogen-bond donors (Lipinski definition) is 1. The molecular weight excluding hydrogens is 285 g/mol. The summed E-state index contributed by atoms with van der Waals surface area (Å²) in [6, 6.07) is 10.5. The Labute approximate surface area is 120 Å². The van der Waals surface area contributed by atoms with Gasteiger partial charge >= 0.3 is 0 Å². The zero-order chi connectivity index (χ0) is 13.8. The molecule has 0 bridgehead atoms. The molecule has 0 heterocycles. The van der Waals surface area contributed by atoms with E-state index in [2.05, 4.69) is 0 Å². The molecule has 0 aliphatic heterocycles. The fourth-order valence-electron chi connectivity index (χ4n) is 1.60. The largest absolute Gasteiger partial charge is 0.494 e. The molecule has 0 unspecified atom stereocenters. The molecule has 2 aromatic rings. The molecule has 0 aliphatic carbocycles. The number of benzene rings is 2. The van der Waals surface area contributed by atoms with E-state index in [-0.39, 0.29) is 5.75 Å². The number of thioether (sulfide) groups is 1. The molecule has 0 atom stereocenters. The summed E-state index contributed by atoms with van der Waals surface area (Å²) >= 11 is 7.58. The van der Waals surface area contributed by atoms with Crippen LogP contribution in [-0.2, 0) is 5.75 Å². The lowest BCUT2D eigenvalue weighted by molar-refractivity contribution is 0.385. The van der Waals surface area contributed by atoms with Gasteiger partial charge in [-0.15, -0.1) is 11.8 Å². The Morgan fingerprint density at radius 2 is 2.05 bits per heavy atom. The van der Waals surface area contributed by atoms with Crippen molar-refractivity contribution in [1.29, 1.82) is 0 Å². The lowest BCUT2D eigenvalue weighted by Crippen LogP contribution is -1.95. The fourth-order valence-corrected chi connectivity index (χ4v) is 2.86. The molecule has 0 fully saturated rings. The van der Waals surface area contributed by atoms with E-state index in [0.717, 1.165) is 10.5 Å². The minimum Gasteiger partial charge on any atom is -0.494 e. The first kappa shape index (κ1) is 14.0. The van der Waals surface area contributed by atoms with Crippen molar-refractivity contribution >= 4 is 29.1 Å². The van der Waals surface area contributed by atoms with Crippen molar-refractivity contribution in [3.8, 4) is 5.75 Å². The summed E-state index contributed by atoms with van der Waals surface area (Å²) in [7, 11) is 1.43. The van der Waals surface area contributed by atoms with Crippen LogP contribution in [-0.4, -0.2) is 7.11 Å². The van der Waals surface area contributed by atoms with Crippen LogP contribution in [0, 0.1) is 5.82 Å². The number of ether oxygens (including phenoxy) is 1. The van der Waals surface area contributed by atoms with Gasteiger partial charge in [-0.1, -0.05) is 29.8 Å². The van der Waals surface area contributed by atoms with Gasteiger partial charge in [0.15, 0.2) is 11.6 Å². The first-order chi connectivity index (χ1) is 9.11. The van der Waals surface area contributed by atoms with E-state index in [0.29, 0.717) is 16.5 Å². The van der Waals surface area contributed by atoms with Crippen molar-refractivity contribution in [3.63, 3.8) is 0 Å². The highest BCUT2D eigenvalue weighted by Gasteiger charge is 2.09. The van der Waals surface area contributed by atoms with Gasteiger partial charge in [-0.05, 0) is 17.7 Å². The Kier molecular flexibility index (Phi) is 4.56. The SMILES string of the molecule is COc1cc(SCc2ccccc2Cl)c(N)cc1F. The van der Waals surface area contributed by atoms with Gasteiger partial charge in [-0.25, -0.2) is 4.39 Å². The second-order valence-electron chi connectivity index (χ2n) is 3.90. The highest BCUT2D eigenvalue weighted by atomic mass is 35.5. The third-order valence-corrected chi connectivity index (χ3v) is 4.11. The van der Waals surface area contributed by atoms with E-state index in [1.165, 1.54) is 24.9 Å². The summed E-state index contributed by atoms with van der Waals surface area (Å²) in [6.45, 7) is 0. The molecule has 2 aromatic carbocycles. The standard InChI is InChI=1S/C14H13ClFNOS/c1-18-13-7-14(12(17)6-11(13)16)19-8-9-4-2-3-5-10(9)15/h2-7H,8,17H2,1H3. The van der Waals surface area contributed by atoms with Gasteiger partial charge in [0.2, 0.25) is 0 Å².